The standard InChI is InChI=1S/C22H23FN2O/c23-17-9-11-20-19(15-17)18(22(24-20)16-7-3-1-4-8-16)10-12-21(26)25-13-5-2-6-14-25/h1,3-4,7-9,11,15,24H,2,5-6,10,12-14H2. The number of nitrogens with one attached hydrogen (secondary N) is 1. The SMILES string of the molecule is O=C(CCc1c(-c2ccccc2)[nH]c2ccc(F)cc12)N1CCCCC1. The van der Waals surface area contributed by atoms with Crippen molar-refractivity contribution in [3.63, 3.8) is 0 Å². The molecule has 134 valence electrons. The van der Waals surface area contributed by atoms with Gasteiger partial charge in [0.2, 0.25) is 5.91 Å². The lowest BCUT2D eigenvalue weighted by Crippen LogP contribution is -2.35. The van der Waals surface area contributed by atoms with Crippen molar-refractivity contribution in [2.75, 3.05) is 13.1 Å². The maximum Gasteiger partial charge on any atom is 0.222 e. The van der Waals surface area contributed by atoms with Crippen molar-refractivity contribution in [2.45, 2.75) is 32.1 Å². The van der Waals surface area contributed by atoms with Crippen molar-refractivity contribution < 1.29 is 9.18 Å². The lowest BCUT2D eigenvalue weighted by molar-refractivity contribution is -0.132. The second kappa shape index (κ2) is 7.32. The number of hydrogen-bond acceptors (Lipinski definition) is 1. The number of aryl methyl sites for hydroxylation is 1. The van der Waals surface area contributed by atoms with Crippen molar-refractivity contribution in [3.05, 3.63) is 59.9 Å². The lowest BCUT2D eigenvalue weighted by Gasteiger charge is -2.26. The zero-order valence-corrected chi connectivity index (χ0v) is 14.8. The van der Waals surface area contributed by atoms with Crippen LogP contribution in [0.5, 0.6) is 0 Å². The molecule has 1 saturated heterocycles. The van der Waals surface area contributed by atoms with Crippen LogP contribution in [0.4, 0.5) is 4.39 Å². The lowest BCUT2D eigenvalue weighted by atomic mass is 10.0. The first-order valence-corrected chi connectivity index (χ1v) is 9.35. The molecule has 0 aliphatic carbocycles. The minimum absolute atomic E-state index is 0.203. The fourth-order valence-electron chi connectivity index (χ4n) is 3.86. The molecule has 2 heterocycles. The summed E-state index contributed by atoms with van der Waals surface area (Å²) in [5.41, 5.74) is 3.98. The van der Waals surface area contributed by atoms with E-state index in [0.717, 1.165) is 53.7 Å². The van der Waals surface area contributed by atoms with Crippen LogP contribution in [0.2, 0.25) is 0 Å². The molecule has 4 heteroatoms. The van der Waals surface area contributed by atoms with Crippen LogP contribution in [-0.4, -0.2) is 28.9 Å². The van der Waals surface area contributed by atoms with Gasteiger partial charge in [0, 0.05) is 36.1 Å². The topological polar surface area (TPSA) is 36.1 Å². The number of H-pyrrole nitrogens is 1. The Morgan fingerprint density at radius 1 is 1.04 bits per heavy atom. The molecule has 3 nitrogen and oxygen atoms in total. The highest BCUT2D eigenvalue weighted by Crippen LogP contribution is 2.32. The number of likely N-dealkylation sites (tertiary alicyclic amines) is 1. The first kappa shape index (κ1) is 16.8. The van der Waals surface area contributed by atoms with Gasteiger partial charge in [0.25, 0.3) is 0 Å². The predicted molar refractivity (Wildman–Crippen MR) is 102 cm³/mol. The van der Waals surface area contributed by atoms with E-state index < -0.39 is 0 Å². The van der Waals surface area contributed by atoms with E-state index >= 15 is 0 Å². The molecule has 1 aromatic heterocycles. The Morgan fingerprint density at radius 2 is 1.81 bits per heavy atom. The van der Waals surface area contributed by atoms with E-state index in [1.165, 1.54) is 12.5 Å². The summed E-state index contributed by atoms with van der Waals surface area (Å²) in [6, 6.07) is 14.8. The normalized spacial score (nSPS) is 14.7. The number of aromatic amines is 1. The average molecular weight is 350 g/mol. The number of piperidine rings is 1. The number of nitrogens with zero attached hydrogens (tertiary/aromatic N) is 1. The second-order valence-corrected chi connectivity index (χ2v) is 6.98. The number of hydrogen-bond donors (Lipinski definition) is 1. The van der Waals surface area contributed by atoms with Crippen LogP contribution in [-0.2, 0) is 11.2 Å². The molecule has 1 N–H and O–H groups in total. The summed E-state index contributed by atoms with van der Waals surface area (Å²) >= 11 is 0. The molecule has 0 saturated carbocycles. The summed E-state index contributed by atoms with van der Waals surface area (Å²) < 4.78 is 13.8. The van der Waals surface area contributed by atoms with Crippen molar-refractivity contribution >= 4 is 16.8 Å². The van der Waals surface area contributed by atoms with E-state index in [1.54, 1.807) is 12.1 Å². The molecular formula is C22H23FN2O. The van der Waals surface area contributed by atoms with Crippen LogP contribution in [0.1, 0.15) is 31.2 Å². The first-order valence-electron chi connectivity index (χ1n) is 9.35. The van der Waals surface area contributed by atoms with Crippen LogP contribution in [0, 0.1) is 5.82 Å². The van der Waals surface area contributed by atoms with E-state index in [0.29, 0.717) is 12.8 Å². The molecule has 0 radical (unpaired) electrons. The van der Waals surface area contributed by atoms with Gasteiger partial charge in [-0.3, -0.25) is 4.79 Å². The van der Waals surface area contributed by atoms with E-state index in [1.807, 2.05) is 35.2 Å². The van der Waals surface area contributed by atoms with Gasteiger partial charge in [-0.25, -0.2) is 4.39 Å². The van der Waals surface area contributed by atoms with Gasteiger partial charge in [-0.15, -0.1) is 0 Å². The van der Waals surface area contributed by atoms with Crippen LogP contribution in [0.25, 0.3) is 22.2 Å². The molecule has 1 amide bonds. The zero-order chi connectivity index (χ0) is 17.9. The van der Waals surface area contributed by atoms with E-state index in [2.05, 4.69) is 4.98 Å². The Balaban J connectivity index is 1.65. The Kier molecular flexibility index (Phi) is 4.74. The Hall–Kier alpha value is -2.62. The van der Waals surface area contributed by atoms with E-state index in [9.17, 15) is 9.18 Å². The minimum atomic E-state index is -0.250. The molecule has 1 aliphatic rings. The number of carbonyl (C=O) groups excluding carboxylic acids is 1. The number of rotatable bonds is 4. The molecule has 3 aromatic rings. The number of aromatic nitrogens is 1. The zero-order valence-electron chi connectivity index (χ0n) is 14.8. The molecule has 0 bridgehead atoms. The number of halogens is 1. The van der Waals surface area contributed by atoms with Gasteiger partial charge in [0.1, 0.15) is 5.82 Å². The van der Waals surface area contributed by atoms with Gasteiger partial charge >= 0.3 is 0 Å². The van der Waals surface area contributed by atoms with Crippen molar-refractivity contribution in [2.24, 2.45) is 0 Å². The van der Waals surface area contributed by atoms with Crippen LogP contribution in [0.3, 0.4) is 0 Å². The second-order valence-electron chi connectivity index (χ2n) is 6.98. The fourth-order valence-corrected chi connectivity index (χ4v) is 3.86. The summed E-state index contributed by atoms with van der Waals surface area (Å²) in [5, 5.41) is 0.871. The van der Waals surface area contributed by atoms with Crippen LogP contribution < -0.4 is 0 Å². The molecular weight excluding hydrogens is 327 g/mol. The number of fused-ring (bicyclic) bond motifs is 1. The smallest absolute Gasteiger partial charge is 0.222 e. The third kappa shape index (κ3) is 3.36. The maximum absolute atomic E-state index is 13.8. The molecule has 0 spiro atoms. The van der Waals surface area contributed by atoms with Crippen LogP contribution in [0.15, 0.2) is 48.5 Å². The third-order valence-electron chi connectivity index (χ3n) is 5.23. The van der Waals surface area contributed by atoms with Crippen LogP contribution >= 0.6 is 0 Å². The average Bonchev–Trinajstić information content (AvgIpc) is 3.05. The molecule has 1 aliphatic heterocycles. The maximum atomic E-state index is 13.8. The molecule has 0 atom stereocenters. The van der Waals surface area contributed by atoms with E-state index in [4.69, 9.17) is 0 Å². The number of benzene rings is 2. The largest absolute Gasteiger partial charge is 0.354 e. The Labute approximate surface area is 152 Å². The highest BCUT2D eigenvalue weighted by Gasteiger charge is 2.19. The Morgan fingerprint density at radius 3 is 2.58 bits per heavy atom. The highest BCUT2D eigenvalue weighted by atomic mass is 19.1. The minimum Gasteiger partial charge on any atom is -0.354 e. The van der Waals surface area contributed by atoms with Crippen molar-refractivity contribution in [3.8, 4) is 11.3 Å². The van der Waals surface area contributed by atoms with Crippen molar-refractivity contribution in [1.29, 1.82) is 0 Å². The van der Waals surface area contributed by atoms with Gasteiger partial charge in [0.05, 0.1) is 0 Å². The number of amides is 1. The van der Waals surface area contributed by atoms with Gasteiger partial charge in [-0.05, 0) is 55.0 Å². The van der Waals surface area contributed by atoms with Crippen molar-refractivity contribution in [1.82, 2.24) is 9.88 Å². The summed E-state index contributed by atoms with van der Waals surface area (Å²) in [7, 11) is 0. The molecule has 2 aromatic carbocycles. The van der Waals surface area contributed by atoms with Gasteiger partial charge in [-0.1, -0.05) is 30.3 Å². The van der Waals surface area contributed by atoms with Gasteiger partial charge < -0.3 is 9.88 Å². The highest BCUT2D eigenvalue weighted by molar-refractivity contribution is 5.91. The Bertz CT molecular complexity index is 911. The molecule has 1 fully saturated rings. The monoisotopic (exact) mass is 350 g/mol. The molecule has 0 unspecified atom stereocenters. The summed E-state index contributed by atoms with van der Waals surface area (Å²) in [6.07, 6.45) is 4.48. The quantitative estimate of drug-likeness (QED) is 0.712. The van der Waals surface area contributed by atoms with E-state index in [-0.39, 0.29) is 11.7 Å². The summed E-state index contributed by atoms with van der Waals surface area (Å²) in [4.78, 5) is 18.0. The van der Waals surface area contributed by atoms with Gasteiger partial charge in [-0.2, -0.15) is 0 Å². The fraction of sp³-hybridized carbons (Fsp3) is 0.318. The number of carbonyl (C=O) groups is 1. The molecule has 26 heavy (non-hydrogen) atoms. The third-order valence-corrected chi connectivity index (χ3v) is 5.23. The molecule has 4 rings (SSSR count). The summed E-state index contributed by atoms with van der Waals surface area (Å²) in [6.45, 7) is 1.74. The predicted octanol–water partition coefficient (Wildman–Crippen LogP) is 4.92. The van der Waals surface area contributed by atoms with Gasteiger partial charge in [0.15, 0.2) is 0 Å². The summed E-state index contributed by atoms with van der Waals surface area (Å²) in [5.74, 6) is -0.0471. The first-order chi connectivity index (χ1) is 12.7.